The van der Waals surface area contributed by atoms with Gasteiger partial charge >= 0.3 is 6.03 Å². The van der Waals surface area contributed by atoms with Gasteiger partial charge in [0.15, 0.2) is 5.84 Å². The van der Waals surface area contributed by atoms with E-state index in [1.54, 1.807) is 17.1 Å². The number of hydrazine groups is 1. The van der Waals surface area contributed by atoms with Crippen molar-refractivity contribution in [1.29, 1.82) is 5.26 Å². The Labute approximate surface area is 111 Å². The summed E-state index contributed by atoms with van der Waals surface area (Å²) in [5.74, 6) is 0.645. The lowest BCUT2D eigenvalue weighted by atomic mass is 10.1. The van der Waals surface area contributed by atoms with Gasteiger partial charge in [-0.25, -0.2) is 19.8 Å². The summed E-state index contributed by atoms with van der Waals surface area (Å²) in [6.07, 6.45) is 0.641. The van der Waals surface area contributed by atoms with Gasteiger partial charge in [0, 0.05) is 25.6 Å². The van der Waals surface area contributed by atoms with Crippen molar-refractivity contribution in [2.24, 2.45) is 5.10 Å². The van der Waals surface area contributed by atoms with Crippen LogP contribution in [0.4, 0.5) is 4.79 Å². The Balaban J connectivity index is 2.08. The Kier molecular flexibility index (Phi) is 2.60. The molecule has 2 heterocycles. The smallest absolute Gasteiger partial charge is 0.245 e. The molecular weight excluding hydrogens is 242 g/mol. The summed E-state index contributed by atoms with van der Waals surface area (Å²) in [4.78, 5) is 12.0. The van der Waals surface area contributed by atoms with Crippen molar-refractivity contribution in [3.63, 3.8) is 0 Å². The van der Waals surface area contributed by atoms with Crippen molar-refractivity contribution in [2.75, 3.05) is 13.6 Å². The Hall–Kier alpha value is -2.55. The van der Waals surface area contributed by atoms with Gasteiger partial charge in [0.2, 0.25) is 0 Å². The van der Waals surface area contributed by atoms with Gasteiger partial charge in [-0.15, -0.1) is 5.10 Å². The molecule has 3 rings (SSSR count). The Bertz CT molecular complexity index is 576. The summed E-state index contributed by atoms with van der Waals surface area (Å²) in [5, 5.41) is 18.1. The number of amidine groups is 1. The zero-order chi connectivity index (χ0) is 13.4. The third-order valence-electron chi connectivity index (χ3n) is 3.31. The van der Waals surface area contributed by atoms with Crippen LogP contribution >= 0.6 is 0 Å². The number of carbonyl (C=O) groups excluding carboxylic acids is 1. The number of amides is 2. The molecule has 1 fully saturated rings. The van der Waals surface area contributed by atoms with Gasteiger partial charge in [-0.2, -0.15) is 5.26 Å². The molecule has 6 nitrogen and oxygen atoms in total. The fraction of sp³-hybridized carbons (Fsp3) is 0.308. The first kappa shape index (κ1) is 11.5. The van der Waals surface area contributed by atoms with E-state index in [4.69, 9.17) is 0 Å². The number of hydrogen-bond donors (Lipinski definition) is 0. The average Bonchev–Trinajstić information content (AvgIpc) is 2.88. The highest BCUT2D eigenvalue weighted by Gasteiger charge is 2.42. The maximum absolute atomic E-state index is 12.0. The molecule has 0 spiro atoms. The van der Waals surface area contributed by atoms with Crippen molar-refractivity contribution in [3.05, 3.63) is 35.9 Å². The van der Waals surface area contributed by atoms with Gasteiger partial charge in [-0.3, -0.25) is 0 Å². The lowest BCUT2D eigenvalue weighted by Crippen LogP contribution is -2.55. The largest absolute Gasteiger partial charge is 0.359 e. The lowest BCUT2D eigenvalue weighted by molar-refractivity contribution is 0.0739. The molecule has 1 saturated heterocycles. The highest BCUT2D eigenvalue weighted by molar-refractivity contribution is 6.02. The number of nitriles is 1. The van der Waals surface area contributed by atoms with Crippen LogP contribution < -0.4 is 0 Å². The highest BCUT2D eigenvalue weighted by Crippen LogP contribution is 2.26. The van der Waals surface area contributed by atoms with E-state index in [2.05, 4.69) is 11.2 Å². The van der Waals surface area contributed by atoms with E-state index in [9.17, 15) is 10.1 Å². The predicted molar refractivity (Wildman–Crippen MR) is 68.7 cm³/mol. The van der Waals surface area contributed by atoms with Crippen LogP contribution in [0.25, 0.3) is 0 Å². The van der Waals surface area contributed by atoms with E-state index >= 15 is 0 Å². The third-order valence-corrected chi connectivity index (χ3v) is 3.31. The maximum atomic E-state index is 12.0. The maximum Gasteiger partial charge on any atom is 0.359 e. The van der Waals surface area contributed by atoms with Crippen molar-refractivity contribution < 1.29 is 4.79 Å². The number of urea groups is 1. The molecule has 1 unspecified atom stereocenters. The van der Waals surface area contributed by atoms with Crippen LogP contribution in [0.2, 0.25) is 0 Å². The number of fused-ring (bicyclic) bond motifs is 1. The molecule has 0 saturated carbocycles. The molecule has 0 radical (unpaired) electrons. The second kappa shape index (κ2) is 4.28. The number of hydrazone groups is 1. The van der Waals surface area contributed by atoms with E-state index in [0.717, 1.165) is 5.56 Å². The van der Waals surface area contributed by atoms with Crippen LogP contribution in [0.3, 0.4) is 0 Å². The fourth-order valence-corrected chi connectivity index (χ4v) is 2.39. The number of carbonyl (C=O) groups is 1. The van der Waals surface area contributed by atoms with E-state index in [1.165, 1.54) is 5.01 Å². The molecule has 2 amide bonds. The number of rotatable bonds is 1. The Morgan fingerprint density at radius 2 is 2.11 bits per heavy atom. The van der Waals surface area contributed by atoms with Crippen LogP contribution in [0.5, 0.6) is 0 Å². The van der Waals surface area contributed by atoms with Crippen molar-refractivity contribution in [2.45, 2.75) is 12.5 Å². The van der Waals surface area contributed by atoms with Crippen LogP contribution in [0, 0.1) is 11.3 Å². The first-order valence-corrected chi connectivity index (χ1v) is 6.10. The van der Waals surface area contributed by atoms with Crippen LogP contribution in [-0.4, -0.2) is 46.5 Å². The van der Waals surface area contributed by atoms with E-state index in [-0.39, 0.29) is 12.1 Å². The van der Waals surface area contributed by atoms with Crippen molar-refractivity contribution >= 4 is 11.9 Å². The van der Waals surface area contributed by atoms with Gasteiger partial charge in [0.05, 0.1) is 6.07 Å². The number of nitrogens with zero attached hydrogens (tertiary/aromatic N) is 5. The highest BCUT2D eigenvalue weighted by atomic mass is 16.2. The van der Waals surface area contributed by atoms with Gasteiger partial charge in [0.1, 0.15) is 6.04 Å². The monoisotopic (exact) mass is 255 g/mol. The van der Waals surface area contributed by atoms with Crippen molar-refractivity contribution in [3.8, 4) is 6.07 Å². The molecule has 0 aromatic heterocycles. The van der Waals surface area contributed by atoms with Crippen LogP contribution in [-0.2, 0) is 0 Å². The quantitative estimate of drug-likeness (QED) is 0.758. The predicted octanol–water partition coefficient (Wildman–Crippen LogP) is 1.23. The third kappa shape index (κ3) is 1.71. The summed E-state index contributed by atoms with van der Waals surface area (Å²) in [6.45, 7) is 0.549. The first-order valence-electron chi connectivity index (χ1n) is 6.10. The number of benzene rings is 1. The molecular formula is C13H13N5O. The molecule has 6 heteroatoms. The molecule has 0 bridgehead atoms. The standard InChI is InChI=1S/C13H13N5O/c1-16-13(19)17-8-7-11(9-14)18(17)12(15-16)10-5-3-2-4-6-10/h2-6,11H,7-8H2,1H3. The van der Waals surface area contributed by atoms with Gasteiger partial charge in [0.25, 0.3) is 0 Å². The molecule has 1 aromatic carbocycles. The van der Waals surface area contributed by atoms with Crippen molar-refractivity contribution in [1.82, 2.24) is 15.0 Å². The average molecular weight is 255 g/mol. The summed E-state index contributed by atoms with van der Waals surface area (Å²) in [7, 11) is 1.63. The first-order chi connectivity index (χ1) is 9.22. The van der Waals surface area contributed by atoms with E-state index < -0.39 is 0 Å². The summed E-state index contributed by atoms with van der Waals surface area (Å²) < 4.78 is 0. The number of hydrogen-bond acceptors (Lipinski definition) is 4. The summed E-state index contributed by atoms with van der Waals surface area (Å²) in [6, 6.07) is 11.3. The fourth-order valence-electron chi connectivity index (χ4n) is 2.39. The molecule has 2 aliphatic heterocycles. The van der Waals surface area contributed by atoms with Gasteiger partial charge < -0.3 is 0 Å². The lowest BCUT2D eigenvalue weighted by Gasteiger charge is -2.38. The SMILES string of the molecule is CN1N=C(c2ccccc2)N2C(C#N)CCN2C1=O. The molecule has 1 atom stereocenters. The summed E-state index contributed by atoms with van der Waals surface area (Å²) in [5.41, 5.74) is 0.897. The topological polar surface area (TPSA) is 62.9 Å². The second-order valence-corrected chi connectivity index (χ2v) is 4.50. The van der Waals surface area contributed by atoms with Crippen LogP contribution in [0.15, 0.2) is 35.4 Å². The minimum absolute atomic E-state index is 0.197. The minimum Gasteiger partial charge on any atom is -0.245 e. The minimum atomic E-state index is -0.336. The normalized spacial score (nSPS) is 22.1. The zero-order valence-electron chi connectivity index (χ0n) is 10.5. The van der Waals surface area contributed by atoms with E-state index in [1.807, 2.05) is 30.3 Å². The second-order valence-electron chi connectivity index (χ2n) is 4.50. The summed E-state index contributed by atoms with van der Waals surface area (Å²) >= 11 is 0. The molecule has 19 heavy (non-hydrogen) atoms. The zero-order valence-corrected chi connectivity index (χ0v) is 10.5. The molecule has 0 aliphatic carbocycles. The van der Waals surface area contributed by atoms with Crippen LogP contribution in [0.1, 0.15) is 12.0 Å². The molecule has 0 N–H and O–H groups in total. The van der Waals surface area contributed by atoms with E-state index in [0.29, 0.717) is 18.8 Å². The molecule has 96 valence electrons. The van der Waals surface area contributed by atoms with Gasteiger partial charge in [-0.05, 0) is 0 Å². The Morgan fingerprint density at radius 3 is 2.79 bits per heavy atom. The molecule has 1 aromatic rings. The Morgan fingerprint density at radius 1 is 1.37 bits per heavy atom. The molecule has 2 aliphatic rings. The van der Waals surface area contributed by atoms with Gasteiger partial charge in [-0.1, -0.05) is 30.3 Å².